The Kier molecular flexibility index (Phi) is 4.98. The summed E-state index contributed by atoms with van der Waals surface area (Å²) in [5.41, 5.74) is 0.967. The van der Waals surface area contributed by atoms with E-state index in [4.69, 9.17) is 0 Å². The van der Waals surface area contributed by atoms with Gasteiger partial charge in [0.15, 0.2) is 0 Å². The van der Waals surface area contributed by atoms with E-state index in [1.807, 2.05) is 24.8 Å². The lowest BCUT2D eigenvalue weighted by Gasteiger charge is -2.32. The molecule has 1 aliphatic heterocycles. The van der Waals surface area contributed by atoms with Crippen LogP contribution in [0, 0.1) is 6.92 Å². The minimum absolute atomic E-state index is 0.210. The summed E-state index contributed by atoms with van der Waals surface area (Å²) in [5.74, 6) is 2.34. The number of hydrogen-bond donors (Lipinski definition) is 1. The van der Waals surface area contributed by atoms with E-state index in [1.54, 1.807) is 18.5 Å². The summed E-state index contributed by atoms with van der Waals surface area (Å²) in [6.07, 6.45) is 5.95. The largest absolute Gasteiger partial charge is 0.342 e. The average Bonchev–Trinajstić information content (AvgIpc) is 2.61. The molecule has 2 aromatic rings. The first kappa shape index (κ1) is 16.3. The number of likely N-dealkylation sites (tertiary alicyclic amines) is 1. The molecule has 126 valence electrons. The van der Waals surface area contributed by atoms with Crippen LogP contribution < -0.4 is 5.32 Å². The minimum atomic E-state index is 0.210. The van der Waals surface area contributed by atoms with Gasteiger partial charge in [0.1, 0.15) is 11.6 Å². The summed E-state index contributed by atoms with van der Waals surface area (Å²) in [6, 6.07) is 3.71. The minimum Gasteiger partial charge on any atom is -0.342 e. The van der Waals surface area contributed by atoms with Gasteiger partial charge in [-0.25, -0.2) is 19.9 Å². The van der Waals surface area contributed by atoms with Crippen molar-refractivity contribution in [3.8, 4) is 0 Å². The normalized spacial score (nSPS) is 17.6. The number of rotatable bonds is 4. The van der Waals surface area contributed by atoms with Crippen LogP contribution in [0.2, 0.25) is 0 Å². The summed E-state index contributed by atoms with van der Waals surface area (Å²) in [6.45, 7) is 5.35. The molecule has 0 saturated carbocycles. The van der Waals surface area contributed by atoms with Crippen molar-refractivity contribution in [1.82, 2.24) is 24.8 Å². The molecule has 3 rings (SSSR count). The number of aromatic nitrogens is 4. The van der Waals surface area contributed by atoms with Crippen LogP contribution >= 0.6 is 0 Å². The van der Waals surface area contributed by atoms with Crippen LogP contribution in [0.4, 0.5) is 11.8 Å². The second-order valence-electron chi connectivity index (χ2n) is 5.96. The zero-order chi connectivity index (χ0) is 16.9. The van der Waals surface area contributed by atoms with Gasteiger partial charge in [0.25, 0.3) is 0 Å². The molecule has 24 heavy (non-hydrogen) atoms. The SMILES string of the molecule is CCC(=O)N1CCC[C@@H](c2cc(Nc3ncccn3)nc(C)n2)C1. The predicted molar refractivity (Wildman–Crippen MR) is 90.9 cm³/mol. The Balaban J connectivity index is 1.79. The van der Waals surface area contributed by atoms with Gasteiger partial charge in [-0.3, -0.25) is 4.79 Å². The third-order valence-electron chi connectivity index (χ3n) is 4.16. The summed E-state index contributed by atoms with van der Waals surface area (Å²) < 4.78 is 0. The maximum absolute atomic E-state index is 12.0. The van der Waals surface area contributed by atoms with Crippen molar-refractivity contribution in [3.63, 3.8) is 0 Å². The highest BCUT2D eigenvalue weighted by Gasteiger charge is 2.25. The molecule has 0 spiro atoms. The van der Waals surface area contributed by atoms with Crippen molar-refractivity contribution in [3.05, 3.63) is 36.0 Å². The molecule has 1 fully saturated rings. The molecule has 0 unspecified atom stereocenters. The highest BCUT2D eigenvalue weighted by molar-refractivity contribution is 5.76. The van der Waals surface area contributed by atoms with Gasteiger partial charge in [-0.05, 0) is 25.8 Å². The monoisotopic (exact) mass is 326 g/mol. The molecule has 1 saturated heterocycles. The highest BCUT2D eigenvalue weighted by atomic mass is 16.2. The molecule has 2 aromatic heterocycles. The average molecular weight is 326 g/mol. The fraction of sp³-hybridized carbons (Fsp3) is 0.471. The number of aryl methyl sites for hydroxylation is 1. The molecule has 0 aliphatic carbocycles. The van der Waals surface area contributed by atoms with E-state index in [0.717, 1.165) is 31.6 Å². The smallest absolute Gasteiger partial charge is 0.228 e. The van der Waals surface area contributed by atoms with E-state index in [9.17, 15) is 4.79 Å². The van der Waals surface area contributed by atoms with Gasteiger partial charge in [-0.2, -0.15) is 0 Å². The van der Waals surface area contributed by atoms with Crippen molar-refractivity contribution in [1.29, 1.82) is 0 Å². The zero-order valence-electron chi connectivity index (χ0n) is 14.1. The molecule has 1 amide bonds. The molecular formula is C17H22N6O. The Morgan fingerprint density at radius 1 is 1.33 bits per heavy atom. The number of carbonyl (C=O) groups is 1. The molecule has 7 nitrogen and oxygen atoms in total. The van der Waals surface area contributed by atoms with E-state index < -0.39 is 0 Å². The Morgan fingerprint density at radius 3 is 2.88 bits per heavy atom. The van der Waals surface area contributed by atoms with E-state index in [-0.39, 0.29) is 11.8 Å². The van der Waals surface area contributed by atoms with E-state index in [2.05, 4.69) is 25.3 Å². The molecule has 1 atom stereocenters. The van der Waals surface area contributed by atoms with Crippen molar-refractivity contribution >= 4 is 17.7 Å². The quantitative estimate of drug-likeness (QED) is 0.929. The summed E-state index contributed by atoms with van der Waals surface area (Å²) >= 11 is 0. The third kappa shape index (κ3) is 3.84. The van der Waals surface area contributed by atoms with Crippen LogP contribution in [0.1, 0.15) is 43.6 Å². The maximum atomic E-state index is 12.0. The van der Waals surface area contributed by atoms with Gasteiger partial charge >= 0.3 is 0 Å². The number of nitrogens with zero attached hydrogens (tertiary/aromatic N) is 5. The number of carbonyl (C=O) groups excluding carboxylic acids is 1. The molecule has 0 bridgehead atoms. The first-order chi connectivity index (χ1) is 11.7. The van der Waals surface area contributed by atoms with E-state index >= 15 is 0 Å². The molecule has 0 radical (unpaired) electrons. The number of anilines is 2. The fourth-order valence-corrected chi connectivity index (χ4v) is 3.01. The van der Waals surface area contributed by atoms with Crippen molar-refractivity contribution in [2.24, 2.45) is 0 Å². The van der Waals surface area contributed by atoms with Crippen molar-refractivity contribution < 1.29 is 4.79 Å². The Hall–Kier alpha value is -2.57. The van der Waals surface area contributed by atoms with Crippen LogP contribution in [0.5, 0.6) is 0 Å². The second-order valence-corrected chi connectivity index (χ2v) is 5.96. The van der Waals surface area contributed by atoms with Gasteiger partial charge in [0.05, 0.1) is 5.69 Å². The molecule has 7 heteroatoms. The number of nitrogens with one attached hydrogen (secondary N) is 1. The van der Waals surface area contributed by atoms with Crippen molar-refractivity contribution in [2.45, 2.75) is 39.0 Å². The molecule has 3 heterocycles. The standard InChI is InChI=1S/C17H22N6O/c1-3-16(24)23-9-4-6-13(11-23)14-10-15(21-12(2)20-14)22-17-18-7-5-8-19-17/h5,7-8,10,13H,3-4,6,9,11H2,1-2H3,(H,18,19,20,21,22)/t13-/m1/s1. The highest BCUT2D eigenvalue weighted by Crippen LogP contribution is 2.27. The second kappa shape index (κ2) is 7.33. The van der Waals surface area contributed by atoms with Crippen LogP contribution in [0.3, 0.4) is 0 Å². The predicted octanol–water partition coefficient (Wildman–Crippen LogP) is 2.43. The lowest BCUT2D eigenvalue weighted by molar-refractivity contribution is -0.132. The van der Waals surface area contributed by atoms with Gasteiger partial charge < -0.3 is 10.2 Å². The lowest BCUT2D eigenvalue weighted by atomic mass is 9.94. The Morgan fingerprint density at radius 2 is 2.12 bits per heavy atom. The first-order valence-electron chi connectivity index (χ1n) is 8.33. The van der Waals surface area contributed by atoms with Gasteiger partial charge in [0, 0.05) is 43.9 Å². The summed E-state index contributed by atoms with van der Waals surface area (Å²) in [5, 5.41) is 3.12. The van der Waals surface area contributed by atoms with E-state index in [1.165, 1.54) is 0 Å². The number of amides is 1. The maximum Gasteiger partial charge on any atom is 0.228 e. The van der Waals surface area contributed by atoms with Crippen LogP contribution in [0.15, 0.2) is 24.5 Å². The summed E-state index contributed by atoms with van der Waals surface area (Å²) in [7, 11) is 0. The topological polar surface area (TPSA) is 83.9 Å². The number of hydrogen-bond acceptors (Lipinski definition) is 6. The van der Waals surface area contributed by atoms with Gasteiger partial charge in [-0.15, -0.1) is 0 Å². The van der Waals surface area contributed by atoms with Gasteiger partial charge in [-0.1, -0.05) is 6.92 Å². The fourth-order valence-electron chi connectivity index (χ4n) is 3.01. The molecule has 1 N–H and O–H groups in total. The van der Waals surface area contributed by atoms with Crippen molar-refractivity contribution in [2.75, 3.05) is 18.4 Å². The molecular weight excluding hydrogens is 304 g/mol. The van der Waals surface area contributed by atoms with E-state index in [0.29, 0.717) is 24.0 Å². The Labute approximate surface area is 141 Å². The van der Waals surface area contributed by atoms with Crippen LogP contribution in [-0.2, 0) is 4.79 Å². The third-order valence-corrected chi connectivity index (χ3v) is 4.16. The summed E-state index contributed by atoms with van der Waals surface area (Å²) in [4.78, 5) is 31.2. The first-order valence-corrected chi connectivity index (χ1v) is 8.33. The Bertz CT molecular complexity index is 705. The zero-order valence-corrected chi connectivity index (χ0v) is 14.1. The van der Waals surface area contributed by atoms with Crippen LogP contribution in [-0.4, -0.2) is 43.8 Å². The molecule has 1 aliphatic rings. The lowest BCUT2D eigenvalue weighted by Crippen LogP contribution is -2.39. The van der Waals surface area contributed by atoms with Gasteiger partial charge in [0.2, 0.25) is 11.9 Å². The van der Waals surface area contributed by atoms with Crippen LogP contribution in [0.25, 0.3) is 0 Å². The molecule has 0 aromatic carbocycles. The number of piperidine rings is 1.